The second-order valence-electron chi connectivity index (χ2n) is 7.06. The van der Waals surface area contributed by atoms with E-state index in [1.165, 1.54) is 12.8 Å². The quantitative estimate of drug-likeness (QED) is 0.853. The zero-order chi connectivity index (χ0) is 14.6. The van der Waals surface area contributed by atoms with Crippen LogP contribution in [-0.2, 0) is 4.79 Å². The lowest BCUT2D eigenvalue weighted by atomic mass is 9.87. The topological polar surface area (TPSA) is 49.6 Å². The van der Waals surface area contributed by atoms with Crippen molar-refractivity contribution in [2.75, 3.05) is 39.3 Å². The third-order valence-electron chi connectivity index (χ3n) is 5.07. The first-order valence-electron chi connectivity index (χ1n) is 8.27. The van der Waals surface area contributed by atoms with Gasteiger partial charge in [-0.2, -0.15) is 0 Å². The maximum Gasteiger partial charge on any atom is 0.228 e. The third kappa shape index (κ3) is 3.73. The van der Waals surface area contributed by atoms with E-state index in [4.69, 9.17) is 5.73 Å². The van der Waals surface area contributed by atoms with Gasteiger partial charge < -0.3 is 15.5 Å². The molecule has 2 aliphatic rings. The Morgan fingerprint density at radius 3 is 2.50 bits per heavy atom. The molecule has 20 heavy (non-hydrogen) atoms. The van der Waals surface area contributed by atoms with Gasteiger partial charge in [0.1, 0.15) is 0 Å². The van der Waals surface area contributed by atoms with Crippen LogP contribution in [-0.4, -0.2) is 55.0 Å². The second-order valence-corrected chi connectivity index (χ2v) is 7.06. The molecule has 1 aliphatic carbocycles. The van der Waals surface area contributed by atoms with Crippen molar-refractivity contribution in [1.29, 1.82) is 0 Å². The molecule has 4 nitrogen and oxygen atoms in total. The molecule has 2 N–H and O–H groups in total. The van der Waals surface area contributed by atoms with E-state index in [2.05, 4.69) is 23.6 Å². The summed E-state index contributed by atoms with van der Waals surface area (Å²) in [5, 5.41) is 0. The summed E-state index contributed by atoms with van der Waals surface area (Å²) in [4.78, 5) is 17.3. The van der Waals surface area contributed by atoms with Crippen molar-refractivity contribution >= 4 is 5.91 Å². The van der Waals surface area contributed by atoms with Crippen LogP contribution in [0.1, 0.15) is 46.0 Å². The van der Waals surface area contributed by atoms with Crippen molar-refractivity contribution in [1.82, 2.24) is 9.80 Å². The smallest absolute Gasteiger partial charge is 0.228 e. The lowest BCUT2D eigenvalue weighted by Gasteiger charge is -2.31. The Bertz CT molecular complexity index is 326. The van der Waals surface area contributed by atoms with Crippen molar-refractivity contribution in [3.8, 4) is 0 Å². The highest BCUT2D eigenvalue weighted by molar-refractivity contribution is 5.82. The molecular formula is C16H31N3O. The van der Waals surface area contributed by atoms with E-state index in [9.17, 15) is 4.79 Å². The van der Waals surface area contributed by atoms with Gasteiger partial charge in [0.2, 0.25) is 5.91 Å². The number of hydrogen-bond donors (Lipinski definition) is 1. The Balaban J connectivity index is 1.87. The molecule has 1 saturated heterocycles. The van der Waals surface area contributed by atoms with E-state index in [1.54, 1.807) is 0 Å². The molecular weight excluding hydrogens is 250 g/mol. The van der Waals surface area contributed by atoms with Crippen LogP contribution in [0.15, 0.2) is 0 Å². The van der Waals surface area contributed by atoms with Crippen LogP contribution in [0.5, 0.6) is 0 Å². The zero-order valence-corrected chi connectivity index (χ0v) is 13.2. The van der Waals surface area contributed by atoms with Crippen molar-refractivity contribution in [3.63, 3.8) is 0 Å². The molecule has 1 atom stereocenters. The van der Waals surface area contributed by atoms with E-state index < -0.39 is 0 Å². The Morgan fingerprint density at radius 2 is 1.85 bits per heavy atom. The predicted octanol–water partition coefficient (Wildman–Crippen LogP) is 1.70. The summed E-state index contributed by atoms with van der Waals surface area (Å²) in [6.45, 7) is 10.1. The van der Waals surface area contributed by atoms with Crippen molar-refractivity contribution < 1.29 is 4.79 Å². The van der Waals surface area contributed by atoms with Gasteiger partial charge in [-0.3, -0.25) is 4.79 Å². The average molecular weight is 281 g/mol. The van der Waals surface area contributed by atoms with Gasteiger partial charge in [0.05, 0.1) is 0 Å². The van der Waals surface area contributed by atoms with Crippen molar-refractivity contribution in [3.05, 3.63) is 0 Å². The lowest BCUT2D eigenvalue weighted by molar-refractivity contribution is -0.140. The molecule has 0 spiro atoms. The number of amides is 1. The van der Waals surface area contributed by atoms with E-state index in [-0.39, 0.29) is 5.41 Å². The highest BCUT2D eigenvalue weighted by Gasteiger charge is 2.39. The van der Waals surface area contributed by atoms with Gasteiger partial charge in [-0.05, 0) is 38.3 Å². The zero-order valence-electron chi connectivity index (χ0n) is 13.2. The van der Waals surface area contributed by atoms with Gasteiger partial charge in [0.15, 0.2) is 0 Å². The molecule has 0 aromatic carbocycles. The van der Waals surface area contributed by atoms with Gasteiger partial charge in [-0.15, -0.1) is 0 Å². The minimum Gasteiger partial charge on any atom is -0.341 e. The monoisotopic (exact) mass is 281 g/mol. The van der Waals surface area contributed by atoms with Crippen LogP contribution < -0.4 is 5.73 Å². The fourth-order valence-electron chi connectivity index (χ4n) is 3.62. The first kappa shape index (κ1) is 15.8. The van der Waals surface area contributed by atoms with E-state index in [0.29, 0.717) is 11.8 Å². The van der Waals surface area contributed by atoms with Gasteiger partial charge in [-0.25, -0.2) is 0 Å². The Hall–Kier alpha value is -0.610. The summed E-state index contributed by atoms with van der Waals surface area (Å²) in [5.41, 5.74) is 5.64. The fraction of sp³-hybridized carbons (Fsp3) is 0.938. The van der Waals surface area contributed by atoms with E-state index in [0.717, 1.165) is 58.5 Å². The molecule has 2 fully saturated rings. The maximum atomic E-state index is 12.7. The maximum absolute atomic E-state index is 12.7. The van der Waals surface area contributed by atoms with E-state index in [1.807, 2.05) is 0 Å². The summed E-state index contributed by atoms with van der Waals surface area (Å²) >= 11 is 0. The highest BCUT2D eigenvalue weighted by atomic mass is 16.2. The van der Waals surface area contributed by atoms with Crippen LogP contribution >= 0.6 is 0 Å². The Kier molecular flexibility index (Phi) is 5.44. The van der Waals surface area contributed by atoms with Crippen molar-refractivity contribution in [2.45, 2.75) is 46.0 Å². The van der Waals surface area contributed by atoms with Gasteiger partial charge in [0, 0.05) is 31.6 Å². The number of nitrogens with zero attached hydrogens (tertiary/aromatic N) is 2. The number of rotatable bonds is 4. The molecule has 1 saturated carbocycles. The first-order valence-corrected chi connectivity index (χ1v) is 8.27. The third-order valence-corrected chi connectivity index (χ3v) is 5.07. The second kappa shape index (κ2) is 6.90. The number of carbonyl (C=O) groups is 1. The summed E-state index contributed by atoms with van der Waals surface area (Å²) in [7, 11) is 0. The van der Waals surface area contributed by atoms with Gasteiger partial charge in [0.25, 0.3) is 0 Å². The Labute approximate surface area is 123 Å². The molecule has 0 aromatic rings. The number of hydrogen-bond acceptors (Lipinski definition) is 3. The van der Waals surface area contributed by atoms with Crippen LogP contribution in [0.4, 0.5) is 0 Å². The molecule has 1 unspecified atom stereocenters. The van der Waals surface area contributed by atoms with Crippen LogP contribution in [0.3, 0.4) is 0 Å². The van der Waals surface area contributed by atoms with Crippen molar-refractivity contribution in [2.24, 2.45) is 17.1 Å². The highest BCUT2D eigenvalue weighted by Crippen LogP contribution is 2.39. The van der Waals surface area contributed by atoms with Crippen LogP contribution in [0.25, 0.3) is 0 Å². The summed E-state index contributed by atoms with van der Waals surface area (Å²) in [6, 6.07) is 0. The molecule has 0 bridgehead atoms. The molecule has 1 heterocycles. The lowest BCUT2D eigenvalue weighted by Crippen LogP contribution is -2.43. The Morgan fingerprint density at radius 1 is 1.15 bits per heavy atom. The largest absolute Gasteiger partial charge is 0.341 e. The molecule has 1 aliphatic heterocycles. The van der Waals surface area contributed by atoms with Gasteiger partial charge in [-0.1, -0.05) is 26.7 Å². The number of carbonyl (C=O) groups excluding carboxylic acids is 1. The standard InChI is InChI=1S/C16H31N3O/c1-14(12-17)13-18-8-5-9-19(11-10-18)15(20)16(2)6-3-4-7-16/h14H,3-13,17H2,1-2H3. The first-order chi connectivity index (χ1) is 9.55. The molecule has 0 aromatic heterocycles. The minimum atomic E-state index is -0.0697. The normalized spacial score (nSPS) is 25.4. The molecule has 1 amide bonds. The SMILES string of the molecule is CC(CN)CN1CCCN(C(=O)C2(C)CCCC2)CC1. The summed E-state index contributed by atoms with van der Waals surface area (Å²) in [6.07, 6.45) is 5.69. The molecule has 2 rings (SSSR count). The fourth-order valence-corrected chi connectivity index (χ4v) is 3.62. The van der Waals surface area contributed by atoms with Crippen LogP contribution in [0.2, 0.25) is 0 Å². The van der Waals surface area contributed by atoms with Gasteiger partial charge >= 0.3 is 0 Å². The summed E-state index contributed by atoms with van der Waals surface area (Å²) < 4.78 is 0. The summed E-state index contributed by atoms with van der Waals surface area (Å²) in [5.74, 6) is 0.952. The predicted molar refractivity (Wildman–Crippen MR) is 82.4 cm³/mol. The minimum absolute atomic E-state index is 0.0697. The molecule has 116 valence electrons. The van der Waals surface area contributed by atoms with Crippen LogP contribution in [0, 0.1) is 11.3 Å². The van der Waals surface area contributed by atoms with E-state index >= 15 is 0 Å². The average Bonchev–Trinajstić information content (AvgIpc) is 2.76. The molecule has 4 heteroatoms. The molecule has 0 radical (unpaired) electrons. The number of nitrogens with two attached hydrogens (primary N) is 1.